The van der Waals surface area contributed by atoms with Gasteiger partial charge in [0.05, 0.1) is 0 Å². The standard InChI is InChI=1S/C8H10O4.Rh/c1-6(11)3-8(4-9,5-10)7(2)12;/h4-5H,3H2,1-2H3;. The molecular formula is C8H10O4Rh. The molecule has 4 nitrogen and oxygen atoms in total. The summed E-state index contributed by atoms with van der Waals surface area (Å²) in [5.74, 6) is -0.952. The van der Waals surface area contributed by atoms with E-state index in [1.165, 1.54) is 6.92 Å². The van der Waals surface area contributed by atoms with Crippen LogP contribution < -0.4 is 0 Å². The number of hydrogen-bond donors (Lipinski definition) is 0. The minimum atomic E-state index is -1.74. The van der Waals surface area contributed by atoms with Crippen LogP contribution in [-0.4, -0.2) is 24.1 Å². The first-order chi connectivity index (χ1) is 5.48. The number of hydrogen-bond acceptors (Lipinski definition) is 4. The predicted octanol–water partition coefficient (Wildman–Crippen LogP) is -0.0638. The average Bonchev–Trinajstić information content (AvgIpc) is 1.99. The van der Waals surface area contributed by atoms with Crippen LogP contribution in [0.4, 0.5) is 0 Å². The van der Waals surface area contributed by atoms with Crippen molar-refractivity contribution in [1.82, 2.24) is 0 Å². The smallest absolute Gasteiger partial charge is 0.150 e. The van der Waals surface area contributed by atoms with Crippen molar-refractivity contribution >= 4 is 24.1 Å². The molecule has 0 aliphatic heterocycles. The van der Waals surface area contributed by atoms with Gasteiger partial charge < -0.3 is 9.59 Å². The summed E-state index contributed by atoms with van der Waals surface area (Å²) in [6.07, 6.45) is 0.114. The summed E-state index contributed by atoms with van der Waals surface area (Å²) < 4.78 is 0. The van der Waals surface area contributed by atoms with E-state index >= 15 is 0 Å². The molecule has 75 valence electrons. The van der Waals surface area contributed by atoms with Gasteiger partial charge in [0.15, 0.2) is 5.78 Å². The van der Waals surface area contributed by atoms with Gasteiger partial charge in [0.25, 0.3) is 0 Å². The largest absolute Gasteiger partial charge is 0.302 e. The molecule has 0 aromatic heterocycles. The second-order valence-corrected chi connectivity index (χ2v) is 2.71. The van der Waals surface area contributed by atoms with E-state index in [2.05, 4.69) is 0 Å². The van der Waals surface area contributed by atoms with E-state index in [0.29, 0.717) is 0 Å². The molecule has 5 heteroatoms. The van der Waals surface area contributed by atoms with Crippen molar-refractivity contribution < 1.29 is 38.7 Å². The third-order valence-electron chi connectivity index (χ3n) is 1.62. The number of carbonyl (C=O) groups is 4. The van der Waals surface area contributed by atoms with Crippen molar-refractivity contribution in [1.29, 1.82) is 0 Å². The van der Waals surface area contributed by atoms with Gasteiger partial charge in [-0.2, -0.15) is 0 Å². The molecule has 0 fully saturated rings. The quantitative estimate of drug-likeness (QED) is 0.399. The van der Waals surface area contributed by atoms with Crippen LogP contribution in [0.25, 0.3) is 0 Å². The summed E-state index contributed by atoms with van der Waals surface area (Å²) in [5, 5.41) is 0. The molecule has 0 aromatic carbocycles. The van der Waals surface area contributed by atoms with Gasteiger partial charge in [0.2, 0.25) is 0 Å². The number of carbonyl (C=O) groups excluding carboxylic acids is 4. The number of ketones is 2. The Labute approximate surface area is 88.8 Å². The number of rotatable bonds is 5. The van der Waals surface area contributed by atoms with E-state index in [1.807, 2.05) is 0 Å². The minimum Gasteiger partial charge on any atom is -0.302 e. The molecule has 0 unspecified atom stereocenters. The number of aldehydes is 2. The van der Waals surface area contributed by atoms with Crippen LogP contribution in [0.3, 0.4) is 0 Å². The predicted molar refractivity (Wildman–Crippen MR) is 40.5 cm³/mol. The third kappa shape index (κ3) is 3.68. The normalized spacial score (nSPS) is 9.69. The summed E-state index contributed by atoms with van der Waals surface area (Å²) in [7, 11) is 0. The Kier molecular flexibility index (Phi) is 6.68. The van der Waals surface area contributed by atoms with Gasteiger partial charge in [0, 0.05) is 25.9 Å². The van der Waals surface area contributed by atoms with E-state index < -0.39 is 11.2 Å². The Morgan fingerprint density at radius 3 is 1.62 bits per heavy atom. The van der Waals surface area contributed by atoms with Crippen LogP contribution >= 0.6 is 0 Å². The Morgan fingerprint density at radius 2 is 1.54 bits per heavy atom. The summed E-state index contributed by atoms with van der Waals surface area (Å²) in [4.78, 5) is 42.3. The topological polar surface area (TPSA) is 68.3 Å². The zero-order valence-electron chi connectivity index (χ0n) is 7.33. The van der Waals surface area contributed by atoms with Gasteiger partial charge in [-0.3, -0.25) is 9.59 Å². The van der Waals surface area contributed by atoms with Crippen molar-refractivity contribution in [2.75, 3.05) is 0 Å². The molecule has 0 saturated carbocycles. The van der Waals surface area contributed by atoms with Crippen LogP contribution in [0.1, 0.15) is 20.3 Å². The molecule has 13 heavy (non-hydrogen) atoms. The maximum atomic E-state index is 10.8. The third-order valence-corrected chi connectivity index (χ3v) is 1.62. The van der Waals surface area contributed by atoms with Crippen molar-refractivity contribution in [2.24, 2.45) is 5.41 Å². The Morgan fingerprint density at radius 1 is 1.15 bits per heavy atom. The summed E-state index contributed by atoms with van der Waals surface area (Å²) in [5.41, 5.74) is -1.74. The monoisotopic (exact) mass is 273 g/mol. The van der Waals surface area contributed by atoms with Gasteiger partial charge >= 0.3 is 0 Å². The first-order valence-corrected chi connectivity index (χ1v) is 3.41. The van der Waals surface area contributed by atoms with Crippen molar-refractivity contribution in [3.63, 3.8) is 0 Å². The zero-order chi connectivity index (χ0) is 9.78. The van der Waals surface area contributed by atoms with Crippen LogP contribution in [0.5, 0.6) is 0 Å². The molecule has 0 amide bonds. The Hall–Kier alpha value is -0.697. The van der Waals surface area contributed by atoms with Gasteiger partial charge in [-0.05, 0) is 13.8 Å². The maximum Gasteiger partial charge on any atom is 0.150 e. The molecule has 0 rings (SSSR count). The zero-order valence-corrected chi connectivity index (χ0v) is 8.97. The van der Waals surface area contributed by atoms with E-state index in [4.69, 9.17) is 0 Å². The molecule has 0 bridgehead atoms. The second-order valence-electron chi connectivity index (χ2n) is 2.71. The van der Waals surface area contributed by atoms with Crippen molar-refractivity contribution in [2.45, 2.75) is 20.3 Å². The van der Waals surface area contributed by atoms with Crippen LogP contribution in [0.15, 0.2) is 0 Å². The molecule has 1 radical (unpaired) electrons. The Bertz CT molecular complexity index is 226. The summed E-state index contributed by atoms with van der Waals surface area (Å²) >= 11 is 0. The molecule has 0 spiro atoms. The maximum absolute atomic E-state index is 10.8. The summed E-state index contributed by atoms with van der Waals surface area (Å²) in [6.45, 7) is 2.34. The fraction of sp³-hybridized carbons (Fsp3) is 0.500. The van der Waals surface area contributed by atoms with Crippen molar-refractivity contribution in [3.05, 3.63) is 0 Å². The first kappa shape index (κ1) is 14.8. The van der Waals surface area contributed by atoms with E-state index in [9.17, 15) is 19.2 Å². The fourth-order valence-corrected chi connectivity index (χ4v) is 0.813. The molecule has 0 saturated heterocycles. The van der Waals surface area contributed by atoms with Gasteiger partial charge in [-0.15, -0.1) is 0 Å². The van der Waals surface area contributed by atoms with Crippen molar-refractivity contribution in [3.8, 4) is 0 Å². The fourth-order valence-electron chi connectivity index (χ4n) is 0.813. The van der Waals surface area contributed by atoms with Gasteiger partial charge in [-0.1, -0.05) is 0 Å². The van der Waals surface area contributed by atoms with Crippen LogP contribution in [0.2, 0.25) is 0 Å². The van der Waals surface area contributed by atoms with Crippen LogP contribution in [-0.2, 0) is 38.7 Å². The van der Waals surface area contributed by atoms with E-state index in [1.54, 1.807) is 0 Å². The molecule has 0 N–H and O–H groups in total. The summed E-state index contributed by atoms with van der Waals surface area (Å²) in [6, 6.07) is 0. The van der Waals surface area contributed by atoms with E-state index in [-0.39, 0.29) is 44.3 Å². The Balaban J connectivity index is 0. The molecule has 0 aliphatic rings. The molecule has 0 aromatic rings. The van der Waals surface area contributed by atoms with Gasteiger partial charge in [0.1, 0.15) is 23.8 Å². The molecule has 0 heterocycles. The minimum absolute atomic E-state index is 0. The van der Waals surface area contributed by atoms with E-state index in [0.717, 1.165) is 6.92 Å². The second kappa shape index (κ2) is 5.87. The number of Topliss-reactive ketones (excluding diaryl/α,β-unsaturated/α-hetero) is 2. The molecule has 0 atom stereocenters. The molecule has 0 aliphatic carbocycles. The average molecular weight is 273 g/mol. The van der Waals surface area contributed by atoms with Gasteiger partial charge in [-0.25, -0.2) is 0 Å². The first-order valence-electron chi connectivity index (χ1n) is 3.41. The SMILES string of the molecule is CC(=O)CC(C=O)(C=O)C(C)=O.[Rh]. The molecular weight excluding hydrogens is 263 g/mol. The van der Waals surface area contributed by atoms with Crippen LogP contribution in [0, 0.1) is 5.41 Å².